The molecule has 132 valence electrons. The lowest BCUT2D eigenvalue weighted by molar-refractivity contribution is -0.153. The molecule has 4 nitrogen and oxygen atoms in total. The Bertz CT molecular complexity index is 765. The number of ether oxygens (including phenoxy) is 1. The van der Waals surface area contributed by atoms with Gasteiger partial charge in [-0.05, 0) is 49.2 Å². The van der Waals surface area contributed by atoms with E-state index in [2.05, 4.69) is 5.32 Å². The van der Waals surface area contributed by atoms with E-state index in [1.54, 1.807) is 24.3 Å². The van der Waals surface area contributed by atoms with Crippen molar-refractivity contribution in [2.45, 2.75) is 25.9 Å². The number of hydrogen-bond acceptors (Lipinski definition) is 3. The van der Waals surface area contributed by atoms with Crippen LogP contribution in [0.25, 0.3) is 0 Å². The molecular weight excluding hydrogens is 368 g/mol. The summed E-state index contributed by atoms with van der Waals surface area (Å²) in [6.07, 6.45) is -0.492. The number of esters is 1. The Kier molecular flexibility index (Phi) is 6.79. The van der Waals surface area contributed by atoms with Crippen molar-refractivity contribution in [1.29, 1.82) is 0 Å². The maximum Gasteiger partial charge on any atom is 0.306 e. The highest BCUT2D eigenvalue weighted by molar-refractivity contribution is 6.36. The zero-order valence-corrected chi connectivity index (χ0v) is 14.9. The molecule has 1 atom stereocenters. The molecule has 0 spiro atoms. The predicted octanol–water partition coefficient (Wildman–Crippen LogP) is 4.64. The number of hydrogen-bond donors (Lipinski definition) is 1. The fraction of sp³-hybridized carbons (Fsp3) is 0.222. The molecule has 0 fully saturated rings. The third-order valence-corrected chi connectivity index (χ3v) is 3.95. The number of carbonyl (C=O) groups is 2. The van der Waals surface area contributed by atoms with Gasteiger partial charge >= 0.3 is 5.97 Å². The molecule has 0 aliphatic heterocycles. The smallest absolute Gasteiger partial charge is 0.306 e. The number of nitrogens with one attached hydrogen (secondary N) is 1. The van der Waals surface area contributed by atoms with Gasteiger partial charge in [0.25, 0.3) is 5.91 Å². The first kappa shape index (κ1) is 19.2. The standard InChI is InChI=1S/C18H16Cl2FNO3/c1-11(18(24)22-16-8-5-13(19)10-15(16)20)25-17(23)9-4-12-2-6-14(21)7-3-12/h2-3,5-8,10-11H,4,9H2,1H3,(H,22,24)/t11-/m0/s1. The van der Waals surface area contributed by atoms with E-state index in [9.17, 15) is 14.0 Å². The molecule has 25 heavy (non-hydrogen) atoms. The largest absolute Gasteiger partial charge is 0.453 e. The van der Waals surface area contributed by atoms with Crippen LogP contribution in [0.2, 0.25) is 10.0 Å². The van der Waals surface area contributed by atoms with Crippen LogP contribution in [-0.4, -0.2) is 18.0 Å². The molecule has 7 heteroatoms. The monoisotopic (exact) mass is 383 g/mol. The lowest BCUT2D eigenvalue weighted by Crippen LogP contribution is -2.30. The molecule has 0 saturated heterocycles. The number of amides is 1. The van der Waals surface area contributed by atoms with Gasteiger partial charge in [0, 0.05) is 11.4 Å². The normalized spacial score (nSPS) is 11.7. The van der Waals surface area contributed by atoms with Crippen LogP contribution in [0.15, 0.2) is 42.5 Å². The maximum atomic E-state index is 12.8. The number of benzene rings is 2. The van der Waals surface area contributed by atoms with Gasteiger partial charge in [0.1, 0.15) is 5.82 Å². The van der Waals surface area contributed by atoms with Gasteiger partial charge in [-0.15, -0.1) is 0 Å². The molecule has 1 N–H and O–H groups in total. The van der Waals surface area contributed by atoms with Crippen LogP contribution in [0.3, 0.4) is 0 Å². The Morgan fingerprint density at radius 2 is 1.84 bits per heavy atom. The first-order chi connectivity index (χ1) is 11.8. The molecule has 0 aliphatic carbocycles. The molecule has 0 unspecified atom stereocenters. The van der Waals surface area contributed by atoms with Gasteiger partial charge in [-0.1, -0.05) is 35.3 Å². The van der Waals surface area contributed by atoms with Gasteiger partial charge in [0.2, 0.25) is 0 Å². The van der Waals surface area contributed by atoms with E-state index < -0.39 is 18.0 Å². The van der Waals surface area contributed by atoms with E-state index in [-0.39, 0.29) is 17.3 Å². The van der Waals surface area contributed by atoms with Crippen molar-refractivity contribution < 1.29 is 18.7 Å². The van der Waals surface area contributed by atoms with E-state index in [1.807, 2.05) is 0 Å². The highest BCUT2D eigenvalue weighted by Gasteiger charge is 2.18. The summed E-state index contributed by atoms with van der Waals surface area (Å²) in [7, 11) is 0. The Morgan fingerprint density at radius 1 is 1.16 bits per heavy atom. The SMILES string of the molecule is C[C@H](OC(=O)CCc1ccc(F)cc1)C(=O)Nc1ccc(Cl)cc1Cl. The van der Waals surface area contributed by atoms with E-state index >= 15 is 0 Å². The molecule has 0 aliphatic rings. The minimum Gasteiger partial charge on any atom is -0.453 e. The summed E-state index contributed by atoms with van der Waals surface area (Å²) in [4.78, 5) is 23.9. The molecule has 0 saturated carbocycles. The number of rotatable bonds is 6. The molecule has 0 aromatic heterocycles. The minimum absolute atomic E-state index is 0.0882. The number of aryl methyl sites for hydroxylation is 1. The average molecular weight is 384 g/mol. The first-order valence-corrected chi connectivity index (χ1v) is 8.30. The predicted molar refractivity (Wildman–Crippen MR) is 95.4 cm³/mol. The van der Waals surface area contributed by atoms with Crippen LogP contribution in [0.5, 0.6) is 0 Å². The molecule has 1 amide bonds. The zero-order valence-electron chi connectivity index (χ0n) is 13.4. The molecule has 0 heterocycles. The Balaban J connectivity index is 1.83. The van der Waals surface area contributed by atoms with Gasteiger partial charge in [-0.3, -0.25) is 9.59 Å². The maximum absolute atomic E-state index is 12.8. The van der Waals surface area contributed by atoms with E-state index in [0.717, 1.165) is 5.56 Å². The minimum atomic E-state index is -0.979. The second-order valence-corrected chi connectivity index (χ2v) is 6.22. The summed E-state index contributed by atoms with van der Waals surface area (Å²) >= 11 is 11.8. The van der Waals surface area contributed by atoms with E-state index in [4.69, 9.17) is 27.9 Å². The van der Waals surface area contributed by atoms with E-state index in [1.165, 1.54) is 25.1 Å². The van der Waals surface area contributed by atoms with Gasteiger partial charge in [0.15, 0.2) is 6.10 Å². The summed E-state index contributed by atoms with van der Waals surface area (Å²) in [6, 6.07) is 10.5. The Labute approximate surface area is 154 Å². The van der Waals surface area contributed by atoms with Crippen molar-refractivity contribution in [3.63, 3.8) is 0 Å². The van der Waals surface area contributed by atoms with Gasteiger partial charge in [0.05, 0.1) is 10.7 Å². The van der Waals surface area contributed by atoms with Crippen LogP contribution in [-0.2, 0) is 20.7 Å². The van der Waals surface area contributed by atoms with Crippen molar-refractivity contribution >= 4 is 40.8 Å². The first-order valence-electron chi connectivity index (χ1n) is 7.55. The zero-order chi connectivity index (χ0) is 18.4. The van der Waals surface area contributed by atoms with Gasteiger partial charge in [-0.25, -0.2) is 4.39 Å². The van der Waals surface area contributed by atoms with Crippen molar-refractivity contribution in [2.24, 2.45) is 0 Å². The summed E-state index contributed by atoms with van der Waals surface area (Å²) in [5, 5.41) is 3.31. The highest BCUT2D eigenvalue weighted by Crippen LogP contribution is 2.25. The topological polar surface area (TPSA) is 55.4 Å². The second kappa shape index (κ2) is 8.83. The summed E-state index contributed by atoms with van der Waals surface area (Å²) in [5.74, 6) is -1.36. The third kappa shape index (κ3) is 6.03. The lowest BCUT2D eigenvalue weighted by Gasteiger charge is -2.14. The van der Waals surface area contributed by atoms with Crippen LogP contribution < -0.4 is 5.32 Å². The third-order valence-electron chi connectivity index (χ3n) is 3.40. The fourth-order valence-electron chi connectivity index (χ4n) is 2.03. The number of halogens is 3. The van der Waals surface area contributed by atoms with Crippen molar-refractivity contribution in [2.75, 3.05) is 5.32 Å². The molecular formula is C18H16Cl2FNO3. The summed E-state index contributed by atoms with van der Waals surface area (Å²) in [6.45, 7) is 1.47. The van der Waals surface area contributed by atoms with Crippen LogP contribution in [0.1, 0.15) is 18.9 Å². The summed E-state index contributed by atoms with van der Waals surface area (Å²) < 4.78 is 17.9. The van der Waals surface area contributed by atoms with Crippen molar-refractivity contribution in [1.82, 2.24) is 0 Å². The number of carbonyl (C=O) groups excluding carboxylic acids is 2. The second-order valence-electron chi connectivity index (χ2n) is 5.37. The quantitative estimate of drug-likeness (QED) is 0.739. The van der Waals surface area contributed by atoms with Gasteiger partial charge in [-0.2, -0.15) is 0 Å². The Morgan fingerprint density at radius 3 is 2.48 bits per heavy atom. The van der Waals surface area contributed by atoms with Crippen molar-refractivity contribution in [3.05, 3.63) is 63.9 Å². The number of anilines is 1. The van der Waals surface area contributed by atoms with Crippen LogP contribution in [0, 0.1) is 5.82 Å². The molecule has 2 aromatic carbocycles. The lowest BCUT2D eigenvalue weighted by atomic mass is 10.1. The summed E-state index contributed by atoms with van der Waals surface area (Å²) in [5.41, 5.74) is 1.19. The molecule has 2 aromatic rings. The van der Waals surface area contributed by atoms with Crippen LogP contribution in [0.4, 0.5) is 10.1 Å². The average Bonchev–Trinajstić information content (AvgIpc) is 2.56. The molecule has 2 rings (SSSR count). The van der Waals surface area contributed by atoms with Gasteiger partial charge < -0.3 is 10.1 Å². The molecule has 0 bridgehead atoms. The van der Waals surface area contributed by atoms with Crippen LogP contribution >= 0.6 is 23.2 Å². The Hall–Kier alpha value is -2.11. The fourth-order valence-corrected chi connectivity index (χ4v) is 2.49. The van der Waals surface area contributed by atoms with E-state index in [0.29, 0.717) is 17.1 Å². The highest BCUT2D eigenvalue weighted by atomic mass is 35.5. The van der Waals surface area contributed by atoms with Crippen molar-refractivity contribution in [3.8, 4) is 0 Å². The molecule has 0 radical (unpaired) electrons.